The van der Waals surface area contributed by atoms with Gasteiger partial charge in [-0.15, -0.1) is 6.58 Å². The number of nitrogens with one attached hydrogen (secondary N) is 1. The van der Waals surface area contributed by atoms with Crippen molar-refractivity contribution in [1.82, 2.24) is 5.32 Å². The molecule has 0 aromatic heterocycles. The Morgan fingerprint density at radius 1 is 1.30 bits per heavy atom. The molecule has 3 heteroatoms. The third kappa shape index (κ3) is 4.41. The Balaban J connectivity index is 1.70. The molecule has 1 saturated carbocycles. The van der Waals surface area contributed by atoms with Crippen LogP contribution in [0.2, 0.25) is 0 Å². The molecule has 1 aromatic carbocycles. The number of hydrogen-bond acceptors (Lipinski definition) is 2. The van der Waals surface area contributed by atoms with Crippen LogP contribution in [-0.2, 0) is 11.3 Å². The molecule has 0 aliphatic heterocycles. The van der Waals surface area contributed by atoms with E-state index >= 15 is 0 Å². The van der Waals surface area contributed by atoms with Gasteiger partial charge in [0.15, 0.2) is 0 Å². The monoisotopic (exact) mass is 273 g/mol. The van der Waals surface area contributed by atoms with Crippen LogP contribution in [0.4, 0.5) is 4.79 Å². The van der Waals surface area contributed by atoms with Crippen molar-refractivity contribution in [3.05, 3.63) is 48.6 Å². The fourth-order valence-electron chi connectivity index (χ4n) is 2.79. The summed E-state index contributed by atoms with van der Waals surface area (Å²) in [7, 11) is 0. The summed E-state index contributed by atoms with van der Waals surface area (Å²) >= 11 is 0. The molecule has 2 unspecified atom stereocenters. The van der Waals surface area contributed by atoms with Crippen molar-refractivity contribution in [2.45, 2.75) is 32.3 Å². The lowest BCUT2D eigenvalue weighted by molar-refractivity contribution is 0.135. The normalized spacial score (nSPS) is 22.0. The van der Waals surface area contributed by atoms with E-state index in [9.17, 15) is 4.79 Å². The van der Waals surface area contributed by atoms with Gasteiger partial charge in [0.1, 0.15) is 6.61 Å². The number of alkyl carbamates (subject to hydrolysis) is 1. The lowest BCUT2D eigenvalue weighted by Crippen LogP contribution is -2.34. The average Bonchev–Trinajstić information content (AvgIpc) is 2.52. The summed E-state index contributed by atoms with van der Waals surface area (Å²) in [5, 5.41) is 2.88. The minimum Gasteiger partial charge on any atom is -0.445 e. The lowest BCUT2D eigenvalue weighted by Gasteiger charge is -2.29. The van der Waals surface area contributed by atoms with Crippen molar-refractivity contribution < 1.29 is 9.53 Å². The van der Waals surface area contributed by atoms with Crippen molar-refractivity contribution in [1.29, 1.82) is 0 Å². The first-order valence-corrected chi connectivity index (χ1v) is 7.36. The standard InChI is InChI=1S/C17H23NO2/c1-2-15-10-6-7-11-16(15)12-18-17(19)20-13-14-8-4-3-5-9-14/h2-5,8-9,15-16H,1,6-7,10-13H2,(H,18,19). The van der Waals surface area contributed by atoms with E-state index in [2.05, 4.69) is 11.9 Å². The zero-order valence-electron chi connectivity index (χ0n) is 11.9. The Kier molecular flexibility index (Phi) is 5.66. The summed E-state index contributed by atoms with van der Waals surface area (Å²) in [4.78, 5) is 11.7. The molecule has 20 heavy (non-hydrogen) atoms. The van der Waals surface area contributed by atoms with E-state index in [1.54, 1.807) is 0 Å². The van der Waals surface area contributed by atoms with Crippen molar-refractivity contribution in [3.63, 3.8) is 0 Å². The number of allylic oxidation sites excluding steroid dienone is 1. The van der Waals surface area contributed by atoms with Crippen LogP contribution in [0, 0.1) is 11.8 Å². The van der Waals surface area contributed by atoms with E-state index in [0.717, 1.165) is 12.0 Å². The van der Waals surface area contributed by atoms with Gasteiger partial charge in [-0.05, 0) is 30.2 Å². The number of carbonyl (C=O) groups excluding carboxylic acids is 1. The predicted octanol–water partition coefficient (Wildman–Crippen LogP) is 3.91. The van der Waals surface area contributed by atoms with Crippen molar-refractivity contribution in [2.24, 2.45) is 11.8 Å². The van der Waals surface area contributed by atoms with E-state index in [1.807, 2.05) is 36.4 Å². The first-order chi connectivity index (χ1) is 9.79. The summed E-state index contributed by atoms with van der Waals surface area (Å²) in [5.41, 5.74) is 1.00. The molecule has 2 rings (SSSR count). The Morgan fingerprint density at radius 3 is 2.80 bits per heavy atom. The largest absolute Gasteiger partial charge is 0.445 e. The molecule has 1 aromatic rings. The fourth-order valence-corrected chi connectivity index (χ4v) is 2.79. The van der Waals surface area contributed by atoms with Crippen molar-refractivity contribution in [3.8, 4) is 0 Å². The molecule has 0 radical (unpaired) electrons. The van der Waals surface area contributed by atoms with E-state index in [4.69, 9.17) is 4.74 Å². The lowest BCUT2D eigenvalue weighted by atomic mass is 9.79. The van der Waals surface area contributed by atoms with E-state index in [0.29, 0.717) is 25.0 Å². The van der Waals surface area contributed by atoms with Gasteiger partial charge < -0.3 is 10.1 Å². The van der Waals surface area contributed by atoms with Gasteiger partial charge in [-0.25, -0.2) is 4.79 Å². The molecule has 2 atom stereocenters. The highest BCUT2D eigenvalue weighted by Gasteiger charge is 2.23. The molecule has 1 N–H and O–H groups in total. The van der Waals surface area contributed by atoms with Gasteiger partial charge in [-0.1, -0.05) is 49.2 Å². The zero-order valence-corrected chi connectivity index (χ0v) is 11.9. The zero-order chi connectivity index (χ0) is 14.2. The number of ether oxygens (including phenoxy) is 1. The van der Waals surface area contributed by atoms with Gasteiger partial charge >= 0.3 is 6.09 Å². The molecule has 0 bridgehead atoms. The van der Waals surface area contributed by atoms with Crippen molar-refractivity contribution >= 4 is 6.09 Å². The molecular weight excluding hydrogens is 250 g/mol. The fraction of sp³-hybridized carbons (Fsp3) is 0.471. The Labute approximate surface area is 121 Å². The number of amides is 1. The molecule has 1 amide bonds. The van der Waals surface area contributed by atoms with Gasteiger partial charge in [-0.2, -0.15) is 0 Å². The van der Waals surface area contributed by atoms with Gasteiger partial charge in [0.05, 0.1) is 0 Å². The second-order valence-electron chi connectivity index (χ2n) is 5.39. The van der Waals surface area contributed by atoms with E-state index < -0.39 is 0 Å². The highest BCUT2D eigenvalue weighted by atomic mass is 16.5. The summed E-state index contributed by atoms with van der Waals surface area (Å²) in [6.07, 6.45) is 6.56. The average molecular weight is 273 g/mol. The minimum absolute atomic E-state index is 0.322. The van der Waals surface area contributed by atoms with Crippen LogP contribution < -0.4 is 5.32 Å². The molecule has 0 saturated heterocycles. The van der Waals surface area contributed by atoms with Gasteiger partial charge in [0, 0.05) is 6.54 Å². The minimum atomic E-state index is -0.331. The van der Waals surface area contributed by atoms with Crippen LogP contribution in [0.3, 0.4) is 0 Å². The highest BCUT2D eigenvalue weighted by molar-refractivity contribution is 5.67. The number of benzene rings is 1. The van der Waals surface area contributed by atoms with E-state index in [1.165, 1.54) is 19.3 Å². The Hall–Kier alpha value is -1.77. The molecule has 0 spiro atoms. The van der Waals surface area contributed by atoms with Crippen LogP contribution in [-0.4, -0.2) is 12.6 Å². The maximum atomic E-state index is 11.7. The smallest absolute Gasteiger partial charge is 0.407 e. The molecule has 1 aliphatic carbocycles. The topological polar surface area (TPSA) is 38.3 Å². The molecular formula is C17H23NO2. The molecule has 1 fully saturated rings. The van der Waals surface area contributed by atoms with E-state index in [-0.39, 0.29) is 6.09 Å². The van der Waals surface area contributed by atoms with Gasteiger partial charge in [0.25, 0.3) is 0 Å². The second kappa shape index (κ2) is 7.73. The second-order valence-corrected chi connectivity index (χ2v) is 5.39. The summed E-state index contributed by atoms with van der Waals surface area (Å²) in [5.74, 6) is 1.03. The predicted molar refractivity (Wildman–Crippen MR) is 80.3 cm³/mol. The number of hydrogen-bond donors (Lipinski definition) is 1. The summed E-state index contributed by atoms with van der Waals surface area (Å²) in [6, 6.07) is 9.72. The third-order valence-corrected chi connectivity index (χ3v) is 3.99. The van der Waals surface area contributed by atoms with Crippen LogP contribution in [0.5, 0.6) is 0 Å². The molecule has 108 valence electrons. The maximum absolute atomic E-state index is 11.7. The number of rotatable bonds is 5. The maximum Gasteiger partial charge on any atom is 0.407 e. The summed E-state index contributed by atoms with van der Waals surface area (Å²) in [6.45, 7) is 4.90. The quantitative estimate of drug-likeness (QED) is 0.826. The van der Waals surface area contributed by atoms with Crippen LogP contribution >= 0.6 is 0 Å². The summed E-state index contributed by atoms with van der Waals surface area (Å²) < 4.78 is 5.21. The van der Waals surface area contributed by atoms with Crippen LogP contribution in [0.25, 0.3) is 0 Å². The highest BCUT2D eigenvalue weighted by Crippen LogP contribution is 2.30. The van der Waals surface area contributed by atoms with Gasteiger partial charge in [0.2, 0.25) is 0 Å². The number of carbonyl (C=O) groups is 1. The third-order valence-electron chi connectivity index (χ3n) is 3.99. The van der Waals surface area contributed by atoms with Crippen LogP contribution in [0.1, 0.15) is 31.2 Å². The molecule has 1 aliphatic rings. The van der Waals surface area contributed by atoms with Crippen LogP contribution in [0.15, 0.2) is 43.0 Å². The first-order valence-electron chi connectivity index (χ1n) is 7.36. The van der Waals surface area contributed by atoms with Crippen molar-refractivity contribution in [2.75, 3.05) is 6.54 Å². The molecule has 3 nitrogen and oxygen atoms in total. The Bertz CT molecular complexity index is 430. The Morgan fingerprint density at radius 2 is 2.05 bits per heavy atom. The first kappa shape index (κ1) is 14.6. The van der Waals surface area contributed by atoms with Gasteiger partial charge in [-0.3, -0.25) is 0 Å². The SMILES string of the molecule is C=CC1CCCCC1CNC(=O)OCc1ccccc1. The molecule has 0 heterocycles.